The molecule has 0 saturated heterocycles. The fraction of sp³-hybridized carbons (Fsp3) is 0.444. The van der Waals surface area contributed by atoms with E-state index < -0.39 is 10.0 Å². The molecule has 2 aromatic heterocycles. The van der Waals surface area contributed by atoms with Crippen molar-refractivity contribution < 1.29 is 8.42 Å². The van der Waals surface area contributed by atoms with Crippen LogP contribution in [0, 0.1) is 6.92 Å². The highest BCUT2D eigenvalue weighted by atomic mass is 32.2. The molecule has 0 radical (unpaired) electrons. The largest absolute Gasteiger partial charge is 0.330 e. The van der Waals surface area contributed by atoms with Crippen molar-refractivity contribution in [3.05, 3.63) is 24.2 Å². The van der Waals surface area contributed by atoms with Crippen LogP contribution < -0.4 is 4.72 Å². The summed E-state index contributed by atoms with van der Waals surface area (Å²) < 4.78 is 28.0. The predicted octanol–water partition coefficient (Wildman–Crippen LogP) is -0.00658. The molecule has 6 nitrogen and oxygen atoms in total. The lowest BCUT2D eigenvalue weighted by molar-refractivity contribution is 0.580. The molecule has 0 aromatic carbocycles. The first kappa shape index (κ1) is 11.2. The fourth-order valence-corrected chi connectivity index (χ4v) is 2.05. The standard InChI is InChI=1S/C9H14N4O2S/c1-8-7-9-12(5-6-13(9)11-8)4-3-10-16(2,14)15/h5-7,10H,3-4H2,1-2H3. The third-order valence-electron chi connectivity index (χ3n) is 2.24. The van der Waals surface area contributed by atoms with Crippen LogP contribution in [0.15, 0.2) is 18.5 Å². The van der Waals surface area contributed by atoms with Gasteiger partial charge < -0.3 is 4.57 Å². The number of nitrogens with one attached hydrogen (secondary N) is 1. The smallest absolute Gasteiger partial charge is 0.208 e. The van der Waals surface area contributed by atoms with Crippen LogP contribution in [0.2, 0.25) is 0 Å². The van der Waals surface area contributed by atoms with E-state index in [0.29, 0.717) is 13.1 Å². The van der Waals surface area contributed by atoms with Crippen molar-refractivity contribution in [3.8, 4) is 0 Å². The Morgan fingerprint density at radius 3 is 2.88 bits per heavy atom. The first-order chi connectivity index (χ1) is 7.46. The van der Waals surface area contributed by atoms with Crippen molar-refractivity contribution in [2.45, 2.75) is 13.5 Å². The zero-order valence-corrected chi connectivity index (χ0v) is 10.0. The molecule has 16 heavy (non-hydrogen) atoms. The van der Waals surface area contributed by atoms with Gasteiger partial charge >= 0.3 is 0 Å². The molecule has 2 heterocycles. The molecule has 0 aliphatic rings. The molecule has 0 unspecified atom stereocenters. The Balaban J connectivity index is 2.09. The number of aromatic nitrogens is 3. The summed E-state index contributed by atoms with van der Waals surface area (Å²) in [6, 6.07) is 1.96. The average Bonchev–Trinajstić information content (AvgIpc) is 2.64. The fourth-order valence-electron chi connectivity index (χ4n) is 1.59. The number of sulfonamides is 1. The second-order valence-electron chi connectivity index (χ2n) is 3.75. The summed E-state index contributed by atoms with van der Waals surface area (Å²) >= 11 is 0. The van der Waals surface area contributed by atoms with Gasteiger partial charge in [-0.1, -0.05) is 0 Å². The van der Waals surface area contributed by atoms with E-state index in [1.54, 1.807) is 4.52 Å². The monoisotopic (exact) mass is 242 g/mol. The van der Waals surface area contributed by atoms with Crippen LogP contribution in [0.3, 0.4) is 0 Å². The topological polar surface area (TPSA) is 68.4 Å². The molecule has 1 N–H and O–H groups in total. The van der Waals surface area contributed by atoms with Crippen LogP contribution >= 0.6 is 0 Å². The maximum absolute atomic E-state index is 10.9. The molecule has 0 saturated carbocycles. The zero-order valence-electron chi connectivity index (χ0n) is 9.21. The van der Waals surface area contributed by atoms with Crippen LogP contribution in [0.4, 0.5) is 0 Å². The van der Waals surface area contributed by atoms with E-state index in [1.807, 2.05) is 30.0 Å². The van der Waals surface area contributed by atoms with Gasteiger partial charge in [-0.25, -0.2) is 17.7 Å². The van der Waals surface area contributed by atoms with E-state index >= 15 is 0 Å². The Morgan fingerprint density at radius 2 is 2.19 bits per heavy atom. The van der Waals surface area contributed by atoms with E-state index in [1.165, 1.54) is 0 Å². The molecule has 0 bridgehead atoms. The van der Waals surface area contributed by atoms with Crippen LogP contribution in [-0.4, -0.2) is 35.4 Å². The van der Waals surface area contributed by atoms with Crippen molar-refractivity contribution in [3.63, 3.8) is 0 Å². The lowest BCUT2D eigenvalue weighted by atomic mass is 10.5. The van der Waals surface area contributed by atoms with Gasteiger partial charge in [-0.05, 0) is 6.92 Å². The number of aryl methyl sites for hydroxylation is 1. The minimum absolute atomic E-state index is 0.382. The van der Waals surface area contributed by atoms with Crippen LogP contribution in [0.1, 0.15) is 5.69 Å². The Kier molecular flexibility index (Phi) is 2.73. The highest BCUT2D eigenvalue weighted by Gasteiger charge is 2.04. The number of hydrogen-bond donors (Lipinski definition) is 1. The number of nitrogens with zero attached hydrogens (tertiary/aromatic N) is 3. The van der Waals surface area contributed by atoms with E-state index in [0.717, 1.165) is 17.6 Å². The SMILES string of the molecule is Cc1cc2n(CCNS(C)(=O)=O)ccn2n1. The maximum Gasteiger partial charge on any atom is 0.208 e. The van der Waals surface area contributed by atoms with Gasteiger partial charge in [-0.2, -0.15) is 5.10 Å². The van der Waals surface area contributed by atoms with Gasteiger partial charge in [0.15, 0.2) is 0 Å². The molecule has 0 aliphatic carbocycles. The Morgan fingerprint density at radius 1 is 1.44 bits per heavy atom. The molecule has 0 aliphatic heterocycles. The number of imidazole rings is 1. The second-order valence-corrected chi connectivity index (χ2v) is 5.58. The van der Waals surface area contributed by atoms with Crippen LogP contribution in [0.5, 0.6) is 0 Å². The van der Waals surface area contributed by atoms with Gasteiger partial charge in [0, 0.05) is 31.5 Å². The molecule has 0 amide bonds. The number of fused-ring (bicyclic) bond motifs is 1. The van der Waals surface area contributed by atoms with Gasteiger partial charge in [0.2, 0.25) is 10.0 Å². The lowest BCUT2D eigenvalue weighted by Gasteiger charge is -2.03. The molecule has 0 fully saturated rings. The molecular weight excluding hydrogens is 228 g/mol. The molecule has 7 heteroatoms. The van der Waals surface area contributed by atoms with Crippen molar-refractivity contribution in [1.29, 1.82) is 0 Å². The summed E-state index contributed by atoms with van der Waals surface area (Å²) in [5.74, 6) is 0. The summed E-state index contributed by atoms with van der Waals surface area (Å²) in [6.07, 6.45) is 4.88. The Bertz CT molecular complexity index is 596. The van der Waals surface area contributed by atoms with E-state index in [4.69, 9.17) is 0 Å². The molecule has 2 aromatic rings. The van der Waals surface area contributed by atoms with Crippen molar-refractivity contribution in [1.82, 2.24) is 18.9 Å². The summed E-state index contributed by atoms with van der Waals surface area (Å²) in [5, 5.41) is 4.25. The quantitative estimate of drug-likeness (QED) is 0.820. The third-order valence-corrected chi connectivity index (χ3v) is 2.97. The summed E-state index contributed by atoms with van der Waals surface area (Å²) in [4.78, 5) is 0. The lowest BCUT2D eigenvalue weighted by Crippen LogP contribution is -2.25. The summed E-state index contributed by atoms with van der Waals surface area (Å²) in [7, 11) is -3.11. The maximum atomic E-state index is 10.9. The van der Waals surface area contributed by atoms with Gasteiger partial charge in [-0.15, -0.1) is 0 Å². The molecule has 88 valence electrons. The van der Waals surface area contributed by atoms with Crippen LogP contribution in [-0.2, 0) is 16.6 Å². The molecule has 2 rings (SSSR count). The summed E-state index contributed by atoms with van der Waals surface area (Å²) in [6.45, 7) is 2.90. The van der Waals surface area contributed by atoms with E-state index in [2.05, 4.69) is 9.82 Å². The normalized spacial score (nSPS) is 12.4. The minimum Gasteiger partial charge on any atom is -0.330 e. The summed E-state index contributed by atoms with van der Waals surface area (Å²) in [5.41, 5.74) is 1.91. The molecular formula is C9H14N4O2S. The van der Waals surface area contributed by atoms with Crippen molar-refractivity contribution in [2.75, 3.05) is 12.8 Å². The Hall–Kier alpha value is -1.34. The average molecular weight is 242 g/mol. The van der Waals surface area contributed by atoms with Gasteiger partial charge in [0.1, 0.15) is 5.65 Å². The highest BCUT2D eigenvalue weighted by Crippen LogP contribution is 2.06. The van der Waals surface area contributed by atoms with E-state index in [-0.39, 0.29) is 0 Å². The first-order valence-electron chi connectivity index (χ1n) is 4.91. The first-order valence-corrected chi connectivity index (χ1v) is 6.80. The number of rotatable bonds is 4. The molecule has 0 spiro atoms. The number of hydrogen-bond acceptors (Lipinski definition) is 3. The third kappa shape index (κ3) is 2.42. The van der Waals surface area contributed by atoms with Crippen molar-refractivity contribution in [2.24, 2.45) is 0 Å². The van der Waals surface area contributed by atoms with Gasteiger partial charge in [0.05, 0.1) is 11.9 Å². The van der Waals surface area contributed by atoms with Gasteiger partial charge in [-0.3, -0.25) is 0 Å². The van der Waals surface area contributed by atoms with Crippen molar-refractivity contribution >= 4 is 15.7 Å². The predicted molar refractivity (Wildman–Crippen MR) is 60.8 cm³/mol. The molecule has 0 atom stereocenters. The Labute approximate surface area is 93.9 Å². The van der Waals surface area contributed by atoms with E-state index in [9.17, 15) is 8.42 Å². The van der Waals surface area contributed by atoms with Crippen LogP contribution in [0.25, 0.3) is 5.65 Å². The zero-order chi connectivity index (χ0) is 11.8. The minimum atomic E-state index is -3.11. The highest BCUT2D eigenvalue weighted by molar-refractivity contribution is 7.88. The van der Waals surface area contributed by atoms with Gasteiger partial charge in [0.25, 0.3) is 0 Å². The second kappa shape index (κ2) is 3.91.